The van der Waals surface area contributed by atoms with Crippen molar-refractivity contribution in [3.05, 3.63) is 75.3 Å². The number of pyridine rings is 1. The third kappa shape index (κ3) is 5.14. The van der Waals surface area contributed by atoms with Crippen LogP contribution in [-0.2, 0) is 16.1 Å². The minimum atomic E-state index is -0.595. The summed E-state index contributed by atoms with van der Waals surface area (Å²) in [6.07, 6.45) is 5.31. The molecule has 0 aliphatic rings. The number of nitrogens with zero attached hydrogens (tertiary/aromatic N) is 2. The Bertz CT molecular complexity index is 1120. The number of carbonyl (C=O) groups is 1. The lowest BCUT2D eigenvalue weighted by Gasteiger charge is -2.11. The summed E-state index contributed by atoms with van der Waals surface area (Å²) in [5.74, 6) is 0.343. The van der Waals surface area contributed by atoms with Gasteiger partial charge in [0.1, 0.15) is 12.3 Å². The maximum absolute atomic E-state index is 12.1. The molecular weight excluding hydrogens is 396 g/mol. The van der Waals surface area contributed by atoms with Crippen LogP contribution < -0.4 is 15.0 Å². The highest BCUT2D eigenvalue weighted by Crippen LogP contribution is 2.28. The number of methoxy groups -OCH3 is 1. The number of halogens is 1. The third-order valence-electron chi connectivity index (χ3n) is 3.95. The zero-order valence-corrected chi connectivity index (χ0v) is 16.7. The van der Waals surface area contributed by atoms with Gasteiger partial charge >= 0.3 is 5.97 Å². The van der Waals surface area contributed by atoms with Gasteiger partial charge in [-0.2, -0.15) is 0 Å². The highest BCUT2D eigenvalue weighted by molar-refractivity contribution is 6.30. The summed E-state index contributed by atoms with van der Waals surface area (Å²) in [5, 5.41) is 0.423. The van der Waals surface area contributed by atoms with E-state index < -0.39 is 5.97 Å². The molecule has 0 radical (unpaired) electrons. The highest BCUT2D eigenvalue weighted by atomic mass is 35.5. The molecule has 0 aliphatic heterocycles. The molecule has 3 aromatic rings. The number of aromatic nitrogens is 2. The number of carbonyl (C=O) groups excluding carboxylic acids is 1. The zero-order valence-electron chi connectivity index (χ0n) is 15.9. The first kappa shape index (κ1) is 20.4. The van der Waals surface area contributed by atoms with Crippen LogP contribution in [-0.4, -0.2) is 29.1 Å². The van der Waals surface area contributed by atoms with E-state index in [1.807, 2.05) is 25.1 Å². The Morgan fingerprint density at radius 3 is 2.79 bits per heavy atom. The van der Waals surface area contributed by atoms with E-state index in [1.54, 1.807) is 24.3 Å². The topological polar surface area (TPSA) is 79.1 Å². The Morgan fingerprint density at radius 1 is 1.21 bits per heavy atom. The second-order valence-corrected chi connectivity index (χ2v) is 6.46. The maximum Gasteiger partial charge on any atom is 0.344 e. The second kappa shape index (κ2) is 9.25. The average Bonchev–Trinajstić information content (AvgIpc) is 2.72. The van der Waals surface area contributed by atoms with Gasteiger partial charge in [0, 0.05) is 12.3 Å². The predicted molar refractivity (Wildman–Crippen MR) is 109 cm³/mol. The first-order chi connectivity index (χ1) is 14.0. The van der Waals surface area contributed by atoms with Gasteiger partial charge in [-0.1, -0.05) is 29.8 Å². The largest absolute Gasteiger partial charge is 0.493 e. The van der Waals surface area contributed by atoms with Crippen LogP contribution in [0.15, 0.2) is 53.5 Å². The fourth-order valence-corrected chi connectivity index (χ4v) is 2.79. The lowest BCUT2D eigenvalue weighted by atomic mass is 10.2. The van der Waals surface area contributed by atoms with Crippen LogP contribution in [0.25, 0.3) is 11.7 Å². The Balaban J connectivity index is 1.61. The minimum Gasteiger partial charge on any atom is -0.493 e. The summed E-state index contributed by atoms with van der Waals surface area (Å²) in [5.41, 5.74) is 1.38. The smallest absolute Gasteiger partial charge is 0.344 e. The Morgan fingerprint density at radius 2 is 2.03 bits per heavy atom. The maximum atomic E-state index is 12.1. The van der Waals surface area contributed by atoms with E-state index in [4.69, 9.17) is 25.8 Å². The lowest BCUT2D eigenvalue weighted by Crippen LogP contribution is -2.18. The standard InChI is InChI=1S/C21H19ClN2O5/c1-3-4-14-5-7-17(18(9-14)27-2)28-13-21(26)29-12-16-10-20(25)24-11-15(22)6-8-19(24)23-16/h3-11H,12-13H2,1-2H3/b4-3+. The number of benzene rings is 1. The number of allylic oxidation sites excluding steroid dienone is 1. The SMILES string of the molecule is C/C=C/c1ccc(OCC(=O)OCc2cc(=O)n3cc(Cl)ccc3n2)c(OC)c1. The quantitative estimate of drug-likeness (QED) is 0.550. The molecule has 2 aromatic heterocycles. The third-order valence-corrected chi connectivity index (χ3v) is 4.17. The van der Waals surface area contributed by atoms with Gasteiger partial charge in [-0.15, -0.1) is 0 Å². The molecule has 0 unspecified atom stereocenters. The molecule has 0 N–H and O–H groups in total. The van der Waals surface area contributed by atoms with Crippen LogP contribution in [0.2, 0.25) is 5.02 Å². The molecule has 7 nitrogen and oxygen atoms in total. The average molecular weight is 415 g/mol. The van der Waals surface area contributed by atoms with E-state index in [2.05, 4.69) is 4.98 Å². The van der Waals surface area contributed by atoms with Crippen LogP contribution >= 0.6 is 11.6 Å². The Hall–Kier alpha value is -3.32. The molecule has 150 valence electrons. The molecule has 1 aromatic carbocycles. The van der Waals surface area contributed by atoms with Crippen LogP contribution in [0.4, 0.5) is 0 Å². The molecule has 2 heterocycles. The fourth-order valence-electron chi connectivity index (χ4n) is 2.63. The lowest BCUT2D eigenvalue weighted by molar-refractivity contribution is -0.147. The van der Waals surface area contributed by atoms with Crippen LogP contribution in [0.1, 0.15) is 18.2 Å². The molecule has 0 spiro atoms. The second-order valence-electron chi connectivity index (χ2n) is 6.02. The van der Waals surface area contributed by atoms with Gasteiger partial charge in [0.25, 0.3) is 5.56 Å². The first-order valence-electron chi connectivity index (χ1n) is 8.77. The van der Waals surface area contributed by atoms with E-state index in [0.717, 1.165) is 5.56 Å². The summed E-state index contributed by atoms with van der Waals surface area (Å²) in [4.78, 5) is 28.4. The molecule has 0 saturated carbocycles. The van der Waals surface area contributed by atoms with Crippen molar-refractivity contribution in [3.8, 4) is 11.5 Å². The summed E-state index contributed by atoms with van der Waals surface area (Å²) in [6, 6.07) is 9.91. The van der Waals surface area contributed by atoms with Crippen molar-refractivity contribution >= 4 is 29.3 Å². The molecule has 29 heavy (non-hydrogen) atoms. The molecule has 0 aliphatic carbocycles. The molecule has 0 amide bonds. The number of hydrogen-bond donors (Lipinski definition) is 0. The predicted octanol–water partition coefficient (Wildman–Crippen LogP) is 3.51. The van der Waals surface area contributed by atoms with Crippen molar-refractivity contribution in [3.63, 3.8) is 0 Å². The molecule has 0 atom stereocenters. The van der Waals surface area contributed by atoms with E-state index in [0.29, 0.717) is 27.9 Å². The Labute approximate surface area is 172 Å². The normalized spacial score (nSPS) is 11.0. The van der Waals surface area contributed by atoms with E-state index in [1.165, 1.54) is 23.8 Å². The number of rotatable bonds is 7. The van der Waals surface area contributed by atoms with Gasteiger partial charge in [-0.3, -0.25) is 9.20 Å². The van der Waals surface area contributed by atoms with Crippen LogP contribution in [0, 0.1) is 0 Å². The fraction of sp³-hybridized carbons (Fsp3) is 0.190. The molecule has 3 rings (SSSR count). The van der Waals surface area contributed by atoms with E-state index in [-0.39, 0.29) is 18.8 Å². The van der Waals surface area contributed by atoms with Crippen LogP contribution in [0.5, 0.6) is 11.5 Å². The highest BCUT2D eigenvalue weighted by Gasteiger charge is 2.11. The van der Waals surface area contributed by atoms with E-state index >= 15 is 0 Å². The van der Waals surface area contributed by atoms with E-state index in [9.17, 15) is 9.59 Å². The number of fused-ring (bicyclic) bond motifs is 1. The summed E-state index contributed by atoms with van der Waals surface area (Å²) >= 11 is 5.88. The monoisotopic (exact) mass is 414 g/mol. The number of hydrogen-bond acceptors (Lipinski definition) is 6. The van der Waals surface area contributed by atoms with Crippen molar-refractivity contribution in [2.24, 2.45) is 0 Å². The summed E-state index contributed by atoms with van der Waals surface area (Å²) < 4.78 is 17.3. The Kier molecular flexibility index (Phi) is 6.51. The van der Waals surface area contributed by atoms with Crippen molar-refractivity contribution in [2.45, 2.75) is 13.5 Å². The summed E-state index contributed by atoms with van der Waals surface area (Å²) in [7, 11) is 1.52. The number of ether oxygens (including phenoxy) is 3. The van der Waals surface area contributed by atoms with Crippen molar-refractivity contribution in [1.29, 1.82) is 0 Å². The molecular formula is C21H19ClN2O5. The zero-order chi connectivity index (χ0) is 20.8. The number of esters is 1. The first-order valence-corrected chi connectivity index (χ1v) is 9.15. The molecule has 0 saturated heterocycles. The van der Waals surface area contributed by atoms with Crippen molar-refractivity contribution < 1.29 is 19.0 Å². The van der Waals surface area contributed by atoms with Gasteiger partial charge in [0.05, 0.1) is 17.8 Å². The van der Waals surface area contributed by atoms with Crippen molar-refractivity contribution in [2.75, 3.05) is 13.7 Å². The van der Waals surface area contributed by atoms with Gasteiger partial charge < -0.3 is 14.2 Å². The van der Waals surface area contributed by atoms with Crippen LogP contribution in [0.3, 0.4) is 0 Å². The minimum absolute atomic E-state index is 0.145. The van der Waals surface area contributed by atoms with Gasteiger partial charge in [0.15, 0.2) is 18.1 Å². The molecule has 0 bridgehead atoms. The molecule has 8 heteroatoms. The molecule has 0 fully saturated rings. The van der Waals surface area contributed by atoms with Gasteiger partial charge in [-0.25, -0.2) is 9.78 Å². The summed E-state index contributed by atoms with van der Waals surface area (Å²) in [6.45, 7) is 1.47. The van der Waals surface area contributed by atoms with Gasteiger partial charge in [-0.05, 0) is 36.8 Å². The van der Waals surface area contributed by atoms with Crippen molar-refractivity contribution in [1.82, 2.24) is 9.38 Å². The van der Waals surface area contributed by atoms with Gasteiger partial charge in [0.2, 0.25) is 0 Å².